The van der Waals surface area contributed by atoms with Gasteiger partial charge in [0, 0.05) is 19.1 Å². The molecule has 1 amide bonds. The number of piperidine rings is 2. The topological polar surface area (TPSA) is 49.6 Å². The van der Waals surface area contributed by atoms with E-state index < -0.39 is 0 Å². The summed E-state index contributed by atoms with van der Waals surface area (Å²) in [5.74, 6) is 0.332. The minimum Gasteiger partial charge on any atom is -0.340 e. The molecule has 0 aromatic carbocycles. The number of rotatable bonds is 3. The Hall–Kier alpha value is -0.610. The average molecular weight is 253 g/mol. The second-order valence-corrected chi connectivity index (χ2v) is 5.73. The smallest absolute Gasteiger partial charge is 0.239 e. The molecule has 18 heavy (non-hydrogen) atoms. The fourth-order valence-electron chi connectivity index (χ4n) is 3.25. The van der Waals surface area contributed by atoms with Crippen molar-refractivity contribution in [2.24, 2.45) is 5.73 Å². The number of hydrogen-bond acceptors (Lipinski definition) is 3. The molecule has 2 saturated heterocycles. The van der Waals surface area contributed by atoms with E-state index in [2.05, 4.69) is 11.8 Å². The molecule has 4 heteroatoms. The highest BCUT2D eigenvalue weighted by molar-refractivity contribution is 5.82. The van der Waals surface area contributed by atoms with Gasteiger partial charge in [0.1, 0.15) is 0 Å². The highest BCUT2D eigenvalue weighted by Crippen LogP contribution is 2.21. The van der Waals surface area contributed by atoms with Gasteiger partial charge >= 0.3 is 0 Å². The Morgan fingerprint density at radius 3 is 2.78 bits per heavy atom. The molecule has 104 valence electrons. The molecule has 0 saturated carbocycles. The molecule has 0 aromatic heterocycles. The lowest BCUT2D eigenvalue weighted by atomic mass is 9.98. The summed E-state index contributed by atoms with van der Waals surface area (Å²) >= 11 is 0. The van der Waals surface area contributed by atoms with Crippen molar-refractivity contribution in [3.8, 4) is 0 Å². The number of carbonyl (C=O) groups is 1. The van der Waals surface area contributed by atoms with Crippen LogP contribution in [0, 0.1) is 0 Å². The maximum Gasteiger partial charge on any atom is 0.239 e. The van der Waals surface area contributed by atoms with Crippen LogP contribution in [0.4, 0.5) is 0 Å². The molecule has 2 N–H and O–H groups in total. The molecule has 0 bridgehead atoms. The summed E-state index contributed by atoms with van der Waals surface area (Å²) in [5.41, 5.74) is 5.98. The zero-order valence-corrected chi connectivity index (χ0v) is 11.6. The van der Waals surface area contributed by atoms with E-state index in [-0.39, 0.29) is 12.1 Å². The van der Waals surface area contributed by atoms with Crippen molar-refractivity contribution in [1.29, 1.82) is 0 Å². The van der Waals surface area contributed by atoms with Gasteiger partial charge in [-0.2, -0.15) is 0 Å². The number of likely N-dealkylation sites (tertiary alicyclic amines) is 2. The predicted octanol–water partition coefficient (Wildman–Crippen LogP) is 1.20. The Balaban J connectivity index is 1.96. The molecule has 0 aliphatic carbocycles. The summed E-state index contributed by atoms with van der Waals surface area (Å²) in [6, 6.07) is 0.315. The van der Waals surface area contributed by atoms with Gasteiger partial charge in [-0.05, 0) is 45.2 Å². The summed E-state index contributed by atoms with van der Waals surface area (Å²) in [6.07, 6.45) is 6.72. The van der Waals surface area contributed by atoms with E-state index in [1.54, 1.807) is 0 Å². The van der Waals surface area contributed by atoms with Gasteiger partial charge in [0.15, 0.2) is 0 Å². The lowest BCUT2D eigenvalue weighted by molar-refractivity contribution is -0.139. The van der Waals surface area contributed by atoms with Gasteiger partial charge in [-0.25, -0.2) is 0 Å². The van der Waals surface area contributed by atoms with Crippen LogP contribution in [0.25, 0.3) is 0 Å². The van der Waals surface area contributed by atoms with Gasteiger partial charge < -0.3 is 10.6 Å². The maximum absolute atomic E-state index is 12.6. The van der Waals surface area contributed by atoms with Gasteiger partial charge in [-0.15, -0.1) is 0 Å². The van der Waals surface area contributed by atoms with Crippen LogP contribution in [0.3, 0.4) is 0 Å². The minimum absolute atomic E-state index is 0.129. The van der Waals surface area contributed by atoms with Crippen LogP contribution in [-0.2, 0) is 4.79 Å². The van der Waals surface area contributed by atoms with Crippen molar-refractivity contribution in [3.05, 3.63) is 0 Å². The SMILES string of the molecule is CCCN1CCCC[C@H]1C(=O)N1CCC[C@H](N)C1. The van der Waals surface area contributed by atoms with Gasteiger partial charge in [0.2, 0.25) is 5.91 Å². The van der Waals surface area contributed by atoms with Crippen LogP contribution < -0.4 is 5.73 Å². The molecule has 4 nitrogen and oxygen atoms in total. The van der Waals surface area contributed by atoms with E-state index in [4.69, 9.17) is 5.73 Å². The second kappa shape index (κ2) is 6.53. The number of hydrogen-bond donors (Lipinski definition) is 1. The van der Waals surface area contributed by atoms with Crippen molar-refractivity contribution < 1.29 is 4.79 Å². The fourth-order valence-corrected chi connectivity index (χ4v) is 3.25. The van der Waals surface area contributed by atoms with E-state index in [0.717, 1.165) is 51.9 Å². The first-order valence-corrected chi connectivity index (χ1v) is 7.50. The molecule has 2 rings (SSSR count). The molecule has 0 unspecified atom stereocenters. The van der Waals surface area contributed by atoms with Crippen molar-refractivity contribution in [2.75, 3.05) is 26.2 Å². The Bertz CT molecular complexity index is 280. The molecular formula is C14H27N3O. The highest BCUT2D eigenvalue weighted by Gasteiger charge is 2.32. The molecule has 0 radical (unpaired) electrons. The molecule has 2 atom stereocenters. The largest absolute Gasteiger partial charge is 0.340 e. The van der Waals surface area contributed by atoms with Crippen molar-refractivity contribution in [2.45, 2.75) is 57.5 Å². The summed E-state index contributed by atoms with van der Waals surface area (Å²) < 4.78 is 0. The molecule has 2 heterocycles. The Labute approximate surface area is 110 Å². The van der Waals surface area contributed by atoms with E-state index in [0.29, 0.717) is 5.91 Å². The van der Waals surface area contributed by atoms with Crippen LogP contribution in [0.1, 0.15) is 45.4 Å². The second-order valence-electron chi connectivity index (χ2n) is 5.73. The quantitative estimate of drug-likeness (QED) is 0.822. The summed E-state index contributed by atoms with van der Waals surface area (Å²) in [6.45, 7) is 5.99. The predicted molar refractivity (Wildman–Crippen MR) is 73.3 cm³/mol. The fraction of sp³-hybridized carbons (Fsp3) is 0.929. The monoisotopic (exact) mass is 253 g/mol. The lowest BCUT2D eigenvalue weighted by Gasteiger charge is -2.39. The first-order chi connectivity index (χ1) is 8.72. The summed E-state index contributed by atoms with van der Waals surface area (Å²) in [7, 11) is 0. The Morgan fingerprint density at radius 2 is 2.06 bits per heavy atom. The first-order valence-electron chi connectivity index (χ1n) is 7.50. The molecule has 2 fully saturated rings. The van der Waals surface area contributed by atoms with Gasteiger partial charge in [-0.1, -0.05) is 13.3 Å². The number of amides is 1. The molecule has 0 spiro atoms. The van der Waals surface area contributed by atoms with Crippen LogP contribution in [-0.4, -0.2) is 54.0 Å². The van der Waals surface area contributed by atoms with Gasteiger partial charge in [-0.3, -0.25) is 9.69 Å². The Morgan fingerprint density at radius 1 is 1.22 bits per heavy atom. The normalized spacial score (nSPS) is 30.4. The van der Waals surface area contributed by atoms with E-state index in [9.17, 15) is 4.79 Å². The minimum atomic E-state index is 0.129. The van der Waals surface area contributed by atoms with Crippen LogP contribution in [0.15, 0.2) is 0 Å². The highest BCUT2D eigenvalue weighted by atomic mass is 16.2. The Kier molecular flexibility index (Phi) is 5.01. The average Bonchev–Trinajstić information content (AvgIpc) is 2.39. The number of carbonyl (C=O) groups excluding carboxylic acids is 1. The van der Waals surface area contributed by atoms with Crippen molar-refractivity contribution in [1.82, 2.24) is 9.80 Å². The maximum atomic E-state index is 12.6. The summed E-state index contributed by atoms with van der Waals surface area (Å²) in [5, 5.41) is 0. The molecule has 2 aliphatic heterocycles. The third kappa shape index (κ3) is 3.23. The van der Waals surface area contributed by atoms with E-state index in [1.807, 2.05) is 4.90 Å². The van der Waals surface area contributed by atoms with Crippen LogP contribution >= 0.6 is 0 Å². The summed E-state index contributed by atoms with van der Waals surface area (Å²) in [4.78, 5) is 17.0. The van der Waals surface area contributed by atoms with Gasteiger partial charge in [0.05, 0.1) is 6.04 Å². The third-order valence-electron chi connectivity index (χ3n) is 4.18. The van der Waals surface area contributed by atoms with E-state index in [1.165, 1.54) is 12.8 Å². The van der Waals surface area contributed by atoms with Crippen LogP contribution in [0.5, 0.6) is 0 Å². The van der Waals surface area contributed by atoms with Crippen molar-refractivity contribution >= 4 is 5.91 Å². The standard InChI is InChI=1S/C14H27N3O/c1-2-8-16-9-4-3-7-13(16)14(18)17-10-5-6-12(15)11-17/h12-13H,2-11,15H2,1H3/t12-,13-/m0/s1. The molecule has 0 aromatic rings. The number of nitrogens with zero attached hydrogens (tertiary/aromatic N) is 2. The zero-order chi connectivity index (χ0) is 13.0. The van der Waals surface area contributed by atoms with E-state index >= 15 is 0 Å². The van der Waals surface area contributed by atoms with Crippen molar-refractivity contribution in [3.63, 3.8) is 0 Å². The van der Waals surface area contributed by atoms with Crippen LogP contribution in [0.2, 0.25) is 0 Å². The van der Waals surface area contributed by atoms with Gasteiger partial charge in [0.25, 0.3) is 0 Å². The molecular weight excluding hydrogens is 226 g/mol. The lowest BCUT2D eigenvalue weighted by Crippen LogP contribution is -2.55. The molecule has 2 aliphatic rings. The third-order valence-corrected chi connectivity index (χ3v) is 4.18. The number of nitrogens with two attached hydrogens (primary N) is 1. The zero-order valence-electron chi connectivity index (χ0n) is 11.6. The first kappa shape index (κ1) is 13.8.